The molecule has 0 aliphatic carbocycles. The van der Waals surface area contributed by atoms with E-state index in [9.17, 15) is 9.59 Å². The summed E-state index contributed by atoms with van der Waals surface area (Å²) in [4.78, 5) is 24.1. The molecule has 1 amide bonds. The fourth-order valence-corrected chi connectivity index (χ4v) is 2.41. The highest BCUT2D eigenvalue weighted by atomic mass is 35.5. The van der Waals surface area contributed by atoms with Crippen molar-refractivity contribution in [2.75, 3.05) is 5.32 Å². The molecule has 0 fully saturated rings. The maximum absolute atomic E-state index is 12.2. The molecule has 1 heterocycles. The minimum atomic E-state index is -0.593. The summed E-state index contributed by atoms with van der Waals surface area (Å²) in [5.41, 5.74) is 1.20. The number of anilines is 1. The zero-order chi connectivity index (χ0) is 17.0. The number of aromatic nitrogens is 2. The maximum atomic E-state index is 12.2. The Morgan fingerprint density at radius 1 is 1.35 bits per heavy atom. The molecule has 1 N–H and O–H groups in total. The van der Waals surface area contributed by atoms with Crippen LogP contribution in [0.2, 0.25) is 10.0 Å². The van der Waals surface area contributed by atoms with Crippen molar-refractivity contribution in [2.24, 2.45) is 0 Å². The van der Waals surface area contributed by atoms with Crippen LogP contribution in [-0.2, 0) is 11.3 Å². The lowest BCUT2D eigenvalue weighted by Gasteiger charge is -2.15. The Hall–Kier alpha value is -1.85. The molecule has 5 nitrogen and oxygen atoms in total. The second-order valence-corrected chi connectivity index (χ2v) is 6.00. The van der Waals surface area contributed by atoms with Gasteiger partial charge in [-0.1, -0.05) is 55.2 Å². The summed E-state index contributed by atoms with van der Waals surface area (Å²) in [7, 11) is 0. The molecular formula is C16H17Cl2N3O2. The van der Waals surface area contributed by atoms with Gasteiger partial charge in [0.05, 0.1) is 11.2 Å². The highest BCUT2D eigenvalue weighted by Crippen LogP contribution is 2.26. The molecule has 0 saturated carbocycles. The largest absolute Gasteiger partial charge is 0.324 e. The molecule has 0 radical (unpaired) electrons. The van der Waals surface area contributed by atoms with Gasteiger partial charge < -0.3 is 5.32 Å². The Balaban J connectivity index is 2.18. The average molecular weight is 354 g/mol. The van der Waals surface area contributed by atoms with Gasteiger partial charge in [-0.2, -0.15) is 5.10 Å². The molecule has 1 unspecified atom stereocenters. The van der Waals surface area contributed by atoms with Crippen molar-refractivity contribution in [3.63, 3.8) is 0 Å². The van der Waals surface area contributed by atoms with E-state index in [1.165, 1.54) is 6.20 Å². The predicted octanol–water partition coefficient (Wildman–Crippen LogP) is 3.70. The fourth-order valence-electron chi connectivity index (χ4n) is 2.14. The Morgan fingerprint density at radius 3 is 2.74 bits per heavy atom. The van der Waals surface area contributed by atoms with Crippen molar-refractivity contribution in [3.8, 4) is 0 Å². The third kappa shape index (κ3) is 4.12. The smallest absolute Gasteiger partial charge is 0.287 e. The Kier molecular flexibility index (Phi) is 5.80. The van der Waals surface area contributed by atoms with Gasteiger partial charge in [-0.3, -0.25) is 9.59 Å². The number of nitrogens with one attached hydrogen (secondary N) is 1. The Bertz CT molecular complexity index is 774. The summed E-state index contributed by atoms with van der Waals surface area (Å²) >= 11 is 11.5. The second kappa shape index (κ2) is 7.62. The van der Waals surface area contributed by atoms with Gasteiger partial charge in [-0.25, -0.2) is 4.68 Å². The fraction of sp³-hybridized carbons (Fsp3) is 0.312. The molecule has 7 heteroatoms. The van der Waals surface area contributed by atoms with Crippen LogP contribution in [0.5, 0.6) is 0 Å². The van der Waals surface area contributed by atoms with Crippen molar-refractivity contribution >= 4 is 34.8 Å². The molecule has 2 aromatic rings. The van der Waals surface area contributed by atoms with Crippen LogP contribution in [0.3, 0.4) is 0 Å². The van der Waals surface area contributed by atoms with Gasteiger partial charge in [-0.05, 0) is 24.0 Å². The van der Waals surface area contributed by atoms with Gasteiger partial charge in [0.1, 0.15) is 11.6 Å². The number of para-hydroxylation sites is 1. The molecule has 1 atom stereocenters. The Labute approximate surface area is 144 Å². The van der Waals surface area contributed by atoms with E-state index < -0.39 is 5.56 Å². The van der Waals surface area contributed by atoms with Gasteiger partial charge in [0.25, 0.3) is 5.56 Å². The molecule has 23 heavy (non-hydrogen) atoms. The van der Waals surface area contributed by atoms with E-state index in [2.05, 4.69) is 24.3 Å². The second-order valence-electron chi connectivity index (χ2n) is 5.21. The van der Waals surface area contributed by atoms with Crippen molar-refractivity contribution < 1.29 is 4.79 Å². The summed E-state index contributed by atoms with van der Waals surface area (Å²) in [6.45, 7) is 3.95. The van der Waals surface area contributed by atoms with E-state index in [0.717, 1.165) is 22.4 Å². The van der Waals surface area contributed by atoms with Crippen LogP contribution in [0, 0.1) is 0 Å². The predicted molar refractivity (Wildman–Crippen MR) is 92.3 cm³/mol. The van der Waals surface area contributed by atoms with Crippen LogP contribution in [0.25, 0.3) is 0 Å². The minimum absolute atomic E-state index is 0.0652. The number of benzene rings is 1. The summed E-state index contributed by atoms with van der Waals surface area (Å²) in [5.74, 6) is -0.0360. The van der Waals surface area contributed by atoms with Crippen LogP contribution in [0.4, 0.5) is 5.69 Å². The highest BCUT2D eigenvalue weighted by Gasteiger charge is 2.14. The van der Waals surface area contributed by atoms with Crippen LogP contribution >= 0.6 is 23.2 Å². The normalized spacial score (nSPS) is 12.0. The third-order valence-corrected chi connectivity index (χ3v) is 4.36. The van der Waals surface area contributed by atoms with E-state index in [1.807, 2.05) is 24.3 Å². The number of halogens is 2. The summed E-state index contributed by atoms with van der Waals surface area (Å²) < 4.78 is 0.982. The van der Waals surface area contributed by atoms with Gasteiger partial charge in [0, 0.05) is 5.69 Å². The van der Waals surface area contributed by atoms with E-state index in [0.29, 0.717) is 5.92 Å². The first-order valence-corrected chi connectivity index (χ1v) is 7.99. The van der Waals surface area contributed by atoms with Crippen LogP contribution in [-0.4, -0.2) is 15.7 Å². The van der Waals surface area contributed by atoms with E-state index in [4.69, 9.17) is 23.2 Å². The first-order valence-electron chi connectivity index (χ1n) is 7.24. The molecule has 2 rings (SSSR count). The molecule has 1 aromatic carbocycles. The number of carbonyl (C=O) groups is 1. The van der Waals surface area contributed by atoms with Crippen LogP contribution in [0.15, 0.2) is 35.3 Å². The van der Waals surface area contributed by atoms with Gasteiger partial charge in [0.15, 0.2) is 0 Å². The minimum Gasteiger partial charge on any atom is -0.324 e. The molecule has 0 bridgehead atoms. The molecule has 0 aliphatic rings. The first kappa shape index (κ1) is 17.5. The van der Waals surface area contributed by atoms with Crippen molar-refractivity contribution in [2.45, 2.75) is 32.7 Å². The maximum Gasteiger partial charge on any atom is 0.287 e. The number of amides is 1. The van der Waals surface area contributed by atoms with Crippen LogP contribution < -0.4 is 10.9 Å². The van der Waals surface area contributed by atoms with Crippen molar-refractivity contribution in [3.05, 3.63) is 56.4 Å². The van der Waals surface area contributed by atoms with Gasteiger partial charge in [-0.15, -0.1) is 0 Å². The number of hydrogen-bond donors (Lipinski definition) is 1. The monoisotopic (exact) mass is 353 g/mol. The molecule has 0 saturated heterocycles. The average Bonchev–Trinajstić information content (AvgIpc) is 2.55. The summed E-state index contributed by atoms with van der Waals surface area (Å²) in [6.07, 6.45) is 2.20. The number of carbonyl (C=O) groups excluding carboxylic acids is 1. The molecule has 122 valence electrons. The standard InChI is InChI=1S/C16H17Cl2N3O2/c1-3-10(2)11-6-4-5-7-13(11)20-14(22)9-21-16(23)15(18)12(17)8-19-21/h4-8,10H,3,9H2,1-2H3,(H,20,22). The van der Waals surface area contributed by atoms with Crippen molar-refractivity contribution in [1.82, 2.24) is 9.78 Å². The Morgan fingerprint density at radius 2 is 2.04 bits per heavy atom. The molecule has 0 spiro atoms. The number of rotatable bonds is 5. The number of hydrogen-bond acceptors (Lipinski definition) is 3. The molecule has 1 aromatic heterocycles. The van der Waals surface area contributed by atoms with Crippen LogP contribution in [0.1, 0.15) is 31.7 Å². The lowest BCUT2D eigenvalue weighted by atomic mass is 9.97. The molecule has 0 aliphatic heterocycles. The lowest BCUT2D eigenvalue weighted by molar-refractivity contribution is -0.117. The SMILES string of the molecule is CCC(C)c1ccccc1NC(=O)Cn1ncc(Cl)c(Cl)c1=O. The van der Waals surface area contributed by atoms with Gasteiger partial charge >= 0.3 is 0 Å². The zero-order valence-corrected chi connectivity index (χ0v) is 14.4. The number of nitrogens with zero attached hydrogens (tertiary/aromatic N) is 2. The summed E-state index contributed by atoms with van der Waals surface area (Å²) in [5, 5.41) is 6.56. The summed E-state index contributed by atoms with van der Waals surface area (Å²) in [6, 6.07) is 7.60. The van der Waals surface area contributed by atoms with Gasteiger partial charge in [0.2, 0.25) is 5.91 Å². The van der Waals surface area contributed by atoms with E-state index >= 15 is 0 Å². The zero-order valence-electron chi connectivity index (χ0n) is 12.8. The third-order valence-electron chi connectivity index (χ3n) is 3.61. The molecular weight excluding hydrogens is 337 g/mol. The first-order chi connectivity index (χ1) is 10.9. The topological polar surface area (TPSA) is 64.0 Å². The van der Waals surface area contributed by atoms with E-state index in [1.54, 1.807) is 0 Å². The lowest BCUT2D eigenvalue weighted by Crippen LogP contribution is -2.30. The van der Waals surface area contributed by atoms with E-state index in [-0.39, 0.29) is 22.5 Å². The highest BCUT2D eigenvalue weighted by molar-refractivity contribution is 6.41. The quantitative estimate of drug-likeness (QED) is 0.890. The van der Waals surface area contributed by atoms with Crippen molar-refractivity contribution in [1.29, 1.82) is 0 Å².